The highest BCUT2D eigenvalue weighted by atomic mass is 16.2. The highest BCUT2D eigenvalue weighted by Crippen LogP contribution is 2.56. The van der Waals surface area contributed by atoms with Gasteiger partial charge < -0.3 is 0 Å². The molecule has 0 heterocycles. The van der Waals surface area contributed by atoms with E-state index in [2.05, 4.69) is 52.8 Å². The summed E-state index contributed by atoms with van der Waals surface area (Å²) in [5.74, 6) is -0.367. The molecule has 2 unspecified atom stereocenters. The van der Waals surface area contributed by atoms with Crippen molar-refractivity contribution in [3.63, 3.8) is 0 Å². The summed E-state index contributed by atoms with van der Waals surface area (Å²) in [7, 11) is 0. The van der Waals surface area contributed by atoms with Crippen molar-refractivity contribution in [2.75, 3.05) is 0 Å². The minimum atomic E-state index is -0.236. The average Bonchev–Trinajstić information content (AvgIpc) is 2.95. The molecule has 4 atom stereocenters. The summed E-state index contributed by atoms with van der Waals surface area (Å²) >= 11 is 0. The van der Waals surface area contributed by atoms with E-state index in [1.54, 1.807) is 0 Å². The summed E-state index contributed by atoms with van der Waals surface area (Å²) in [4.78, 5) is 25.3. The molecule has 130 valence electrons. The van der Waals surface area contributed by atoms with E-state index in [0.29, 0.717) is 0 Å². The minimum absolute atomic E-state index is 0.0619. The average molecular weight is 326 g/mol. The van der Waals surface area contributed by atoms with Crippen LogP contribution < -0.4 is 0 Å². The fraction of sp³-hybridized carbons (Fsp3) is 0.636. The number of rotatable bonds is 4. The smallest absolute Gasteiger partial charge is 0.206 e. The van der Waals surface area contributed by atoms with Gasteiger partial charge in [-0.05, 0) is 29.7 Å². The lowest BCUT2D eigenvalue weighted by atomic mass is 9.54. The molecule has 0 amide bonds. The third-order valence-electron chi connectivity index (χ3n) is 5.95. The lowest BCUT2D eigenvalue weighted by Gasteiger charge is -2.47. The normalized spacial score (nSPS) is 31.5. The quantitative estimate of drug-likeness (QED) is 0.535. The molecule has 2 bridgehead atoms. The zero-order valence-corrected chi connectivity index (χ0v) is 15.7. The molecule has 4 rings (SSSR count). The molecule has 0 radical (unpaired) electrons. The second-order valence-electron chi connectivity index (χ2n) is 8.63. The van der Waals surface area contributed by atoms with Crippen LogP contribution in [0.1, 0.15) is 60.3 Å². The highest BCUT2D eigenvalue weighted by Gasteiger charge is 2.56. The van der Waals surface area contributed by atoms with Crippen LogP contribution in [-0.4, -0.2) is 11.6 Å². The first-order valence-electron chi connectivity index (χ1n) is 9.51. The van der Waals surface area contributed by atoms with E-state index in [-0.39, 0.29) is 40.7 Å². The summed E-state index contributed by atoms with van der Waals surface area (Å²) < 4.78 is 0. The molecule has 0 aromatic heterocycles. The third kappa shape index (κ3) is 2.55. The van der Waals surface area contributed by atoms with Crippen LogP contribution >= 0.6 is 0 Å². The van der Waals surface area contributed by atoms with Crippen LogP contribution in [-0.2, 0) is 9.59 Å². The number of allylic oxidation sites excluding steroid dienone is 6. The Morgan fingerprint density at radius 3 is 2.21 bits per heavy atom. The first kappa shape index (κ1) is 17.4. The standard InChI is InChI=1S/C22H30O2/c1-6-8-13(9-7-2)14-10-11-15-16-12-17(22(3,4)5)19(18(14)15)21(24)20(16)23/h10-12,15-16,18-19H,6-9H2,1-5H3/t15-,16?,18-,19?/m0/s1. The second kappa shape index (κ2) is 6.13. The van der Waals surface area contributed by atoms with Gasteiger partial charge in [0.25, 0.3) is 0 Å². The van der Waals surface area contributed by atoms with Crippen molar-refractivity contribution in [1.82, 2.24) is 0 Å². The second-order valence-corrected chi connectivity index (χ2v) is 8.63. The molecule has 0 N–H and O–H groups in total. The van der Waals surface area contributed by atoms with E-state index < -0.39 is 0 Å². The number of carbonyl (C=O) groups excluding carboxylic acids is 2. The van der Waals surface area contributed by atoms with E-state index >= 15 is 0 Å². The zero-order chi connectivity index (χ0) is 17.6. The van der Waals surface area contributed by atoms with E-state index in [4.69, 9.17) is 0 Å². The predicted octanol–water partition coefficient (Wildman–Crippen LogP) is 5.06. The van der Waals surface area contributed by atoms with E-state index in [9.17, 15) is 9.59 Å². The molecule has 0 aliphatic heterocycles. The predicted molar refractivity (Wildman–Crippen MR) is 97.5 cm³/mol. The van der Waals surface area contributed by atoms with Gasteiger partial charge in [0.05, 0.1) is 11.8 Å². The molecule has 1 fully saturated rings. The Bertz CT molecular complexity index is 646. The molecule has 2 heteroatoms. The van der Waals surface area contributed by atoms with Gasteiger partial charge in [-0.2, -0.15) is 0 Å². The Labute approximate surface area is 146 Å². The maximum Gasteiger partial charge on any atom is 0.206 e. The number of hydrogen-bond acceptors (Lipinski definition) is 2. The van der Waals surface area contributed by atoms with Crippen LogP contribution in [0.5, 0.6) is 0 Å². The fourth-order valence-electron chi connectivity index (χ4n) is 4.96. The minimum Gasteiger partial charge on any atom is -0.290 e. The molecular formula is C22H30O2. The number of carbonyl (C=O) groups is 2. The number of fused-ring (bicyclic) bond motifs is 1. The van der Waals surface area contributed by atoms with Gasteiger partial charge in [-0.15, -0.1) is 0 Å². The maximum atomic E-state index is 12.8. The van der Waals surface area contributed by atoms with Gasteiger partial charge in [-0.3, -0.25) is 9.59 Å². The van der Waals surface area contributed by atoms with Gasteiger partial charge >= 0.3 is 0 Å². The van der Waals surface area contributed by atoms with Crippen molar-refractivity contribution in [3.05, 3.63) is 34.9 Å². The van der Waals surface area contributed by atoms with Gasteiger partial charge in [-0.25, -0.2) is 0 Å². The fourth-order valence-corrected chi connectivity index (χ4v) is 4.96. The lowest BCUT2D eigenvalue weighted by Crippen LogP contribution is -2.52. The van der Waals surface area contributed by atoms with Crippen LogP contribution in [0.25, 0.3) is 0 Å². The molecule has 4 aliphatic carbocycles. The van der Waals surface area contributed by atoms with Crippen LogP contribution in [0, 0.1) is 29.1 Å². The number of Topliss-reactive ketones (excluding diaryl/α,β-unsaturated/α-hetero) is 2. The van der Waals surface area contributed by atoms with E-state index in [1.807, 2.05) is 0 Å². The van der Waals surface area contributed by atoms with Gasteiger partial charge in [0.2, 0.25) is 11.6 Å². The molecule has 1 saturated carbocycles. The molecule has 0 spiro atoms. The zero-order valence-electron chi connectivity index (χ0n) is 15.7. The maximum absolute atomic E-state index is 12.8. The molecule has 0 aromatic carbocycles. The van der Waals surface area contributed by atoms with Crippen LogP contribution in [0.2, 0.25) is 0 Å². The topological polar surface area (TPSA) is 34.1 Å². The van der Waals surface area contributed by atoms with Gasteiger partial charge in [0, 0.05) is 5.92 Å². The Morgan fingerprint density at radius 1 is 1.04 bits per heavy atom. The molecular weight excluding hydrogens is 296 g/mol. The summed E-state index contributed by atoms with van der Waals surface area (Å²) in [6.45, 7) is 10.9. The van der Waals surface area contributed by atoms with Gasteiger partial charge in [-0.1, -0.05) is 76.8 Å². The molecule has 4 aliphatic rings. The summed E-state index contributed by atoms with van der Waals surface area (Å²) in [6.07, 6.45) is 11.0. The van der Waals surface area contributed by atoms with Crippen molar-refractivity contribution in [1.29, 1.82) is 0 Å². The van der Waals surface area contributed by atoms with Crippen molar-refractivity contribution in [2.24, 2.45) is 29.1 Å². The number of hydrogen-bond donors (Lipinski definition) is 0. The van der Waals surface area contributed by atoms with E-state index in [0.717, 1.165) is 25.7 Å². The Hall–Kier alpha value is -1.44. The molecule has 2 nitrogen and oxygen atoms in total. The molecule has 24 heavy (non-hydrogen) atoms. The summed E-state index contributed by atoms with van der Waals surface area (Å²) in [6, 6.07) is 0. The van der Waals surface area contributed by atoms with Crippen LogP contribution in [0.3, 0.4) is 0 Å². The van der Waals surface area contributed by atoms with Crippen molar-refractivity contribution in [2.45, 2.75) is 60.3 Å². The molecule has 0 aromatic rings. The number of ketones is 2. The van der Waals surface area contributed by atoms with Crippen LogP contribution in [0.4, 0.5) is 0 Å². The Morgan fingerprint density at radius 2 is 1.67 bits per heavy atom. The van der Waals surface area contributed by atoms with Gasteiger partial charge in [0.15, 0.2) is 0 Å². The Kier molecular flexibility index (Phi) is 4.44. The SMILES string of the molecule is CCCC(CCC)=C1C=C[C@H]2C3C=C(C(C)(C)C)C(C(=O)C3=O)[C@@H]12. The third-order valence-corrected chi connectivity index (χ3v) is 5.95. The van der Waals surface area contributed by atoms with Gasteiger partial charge in [0.1, 0.15) is 0 Å². The summed E-state index contributed by atoms with van der Waals surface area (Å²) in [5.41, 5.74) is 4.00. The highest BCUT2D eigenvalue weighted by molar-refractivity contribution is 6.41. The van der Waals surface area contributed by atoms with Crippen molar-refractivity contribution in [3.8, 4) is 0 Å². The van der Waals surface area contributed by atoms with Crippen LogP contribution in [0.15, 0.2) is 34.9 Å². The first-order chi connectivity index (χ1) is 11.3. The largest absolute Gasteiger partial charge is 0.290 e. The first-order valence-corrected chi connectivity index (χ1v) is 9.51. The molecule has 0 saturated heterocycles. The lowest BCUT2D eigenvalue weighted by molar-refractivity contribution is -0.146. The Balaban J connectivity index is 2.11. The van der Waals surface area contributed by atoms with Crippen molar-refractivity contribution < 1.29 is 9.59 Å². The van der Waals surface area contributed by atoms with E-state index in [1.165, 1.54) is 16.7 Å². The summed E-state index contributed by atoms with van der Waals surface area (Å²) in [5, 5.41) is 0. The van der Waals surface area contributed by atoms with Crippen molar-refractivity contribution >= 4 is 11.6 Å². The monoisotopic (exact) mass is 326 g/mol.